The average Bonchev–Trinajstić information content (AvgIpc) is 2.69. The predicted molar refractivity (Wildman–Crippen MR) is 103 cm³/mol. The van der Waals surface area contributed by atoms with Crippen molar-refractivity contribution in [2.75, 3.05) is 0 Å². The van der Waals surface area contributed by atoms with Gasteiger partial charge in [-0.2, -0.15) is 5.10 Å². The predicted octanol–water partition coefficient (Wildman–Crippen LogP) is 4.34. The van der Waals surface area contributed by atoms with Gasteiger partial charge in [-0.25, -0.2) is 5.43 Å². The van der Waals surface area contributed by atoms with Gasteiger partial charge < -0.3 is 4.74 Å². The molecule has 0 aliphatic carbocycles. The Morgan fingerprint density at radius 3 is 2.35 bits per heavy atom. The molecule has 0 bridgehead atoms. The molecule has 0 aliphatic heterocycles. The molecule has 3 aromatic rings. The topological polar surface area (TPSA) is 50.7 Å². The van der Waals surface area contributed by atoms with Gasteiger partial charge in [0.1, 0.15) is 12.4 Å². The molecule has 1 N–H and O–H groups in total. The highest BCUT2D eigenvalue weighted by molar-refractivity contribution is 5.94. The Kier molecular flexibility index (Phi) is 5.78. The maximum atomic E-state index is 12.1. The van der Waals surface area contributed by atoms with Crippen LogP contribution in [-0.2, 0) is 6.61 Å². The lowest BCUT2D eigenvalue weighted by Gasteiger charge is -2.07. The maximum Gasteiger partial charge on any atom is 0.271 e. The standard InChI is InChI=1S/C22H20N2O2/c1-17-7-9-19(10-8-17)16-26-21-13-11-20(12-14-21)22(25)24-23-15-18-5-3-2-4-6-18/h2-15H,16H2,1H3,(H,24,25). The Morgan fingerprint density at radius 2 is 1.65 bits per heavy atom. The minimum atomic E-state index is -0.262. The molecule has 0 radical (unpaired) electrons. The first-order valence-corrected chi connectivity index (χ1v) is 8.37. The van der Waals surface area contributed by atoms with E-state index >= 15 is 0 Å². The van der Waals surface area contributed by atoms with Crippen molar-refractivity contribution in [3.05, 3.63) is 101 Å². The second kappa shape index (κ2) is 8.62. The molecule has 130 valence electrons. The van der Waals surface area contributed by atoms with Gasteiger partial charge in [0.2, 0.25) is 0 Å². The van der Waals surface area contributed by atoms with Crippen LogP contribution in [0.15, 0.2) is 84.0 Å². The van der Waals surface area contributed by atoms with E-state index in [1.165, 1.54) is 5.56 Å². The van der Waals surface area contributed by atoms with Crippen LogP contribution in [0.4, 0.5) is 0 Å². The van der Waals surface area contributed by atoms with Gasteiger partial charge in [-0.1, -0.05) is 60.2 Å². The number of carbonyl (C=O) groups is 1. The van der Waals surface area contributed by atoms with Gasteiger partial charge in [-0.15, -0.1) is 0 Å². The number of ether oxygens (including phenoxy) is 1. The molecule has 3 rings (SSSR count). The summed E-state index contributed by atoms with van der Waals surface area (Å²) in [5, 5.41) is 3.97. The van der Waals surface area contributed by atoms with Crippen LogP contribution in [0.3, 0.4) is 0 Å². The molecule has 0 fully saturated rings. The summed E-state index contributed by atoms with van der Waals surface area (Å²) in [6, 6.07) is 24.8. The monoisotopic (exact) mass is 344 g/mol. The molecule has 4 nitrogen and oxygen atoms in total. The number of benzene rings is 3. The summed E-state index contributed by atoms with van der Waals surface area (Å²) in [7, 11) is 0. The van der Waals surface area contributed by atoms with Crippen LogP contribution >= 0.6 is 0 Å². The van der Waals surface area contributed by atoms with E-state index in [-0.39, 0.29) is 5.91 Å². The number of amides is 1. The fraction of sp³-hybridized carbons (Fsp3) is 0.0909. The molecule has 0 unspecified atom stereocenters. The molecule has 0 saturated carbocycles. The van der Waals surface area contributed by atoms with E-state index < -0.39 is 0 Å². The lowest BCUT2D eigenvalue weighted by atomic mass is 10.2. The molecule has 0 heterocycles. The van der Waals surface area contributed by atoms with Gasteiger partial charge in [-0.05, 0) is 42.3 Å². The summed E-state index contributed by atoms with van der Waals surface area (Å²) in [4.78, 5) is 12.1. The lowest BCUT2D eigenvalue weighted by Crippen LogP contribution is -2.17. The zero-order valence-corrected chi connectivity index (χ0v) is 14.6. The van der Waals surface area contributed by atoms with Crippen molar-refractivity contribution in [1.82, 2.24) is 5.43 Å². The van der Waals surface area contributed by atoms with E-state index in [0.717, 1.165) is 16.9 Å². The van der Waals surface area contributed by atoms with E-state index in [1.54, 1.807) is 30.5 Å². The normalized spacial score (nSPS) is 10.7. The van der Waals surface area contributed by atoms with Gasteiger partial charge in [0.05, 0.1) is 6.21 Å². The molecule has 0 aliphatic rings. The Morgan fingerprint density at radius 1 is 0.962 bits per heavy atom. The molecule has 0 spiro atoms. The highest BCUT2D eigenvalue weighted by atomic mass is 16.5. The van der Waals surface area contributed by atoms with Crippen molar-refractivity contribution in [3.8, 4) is 5.75 Å². The van der Waals surface area contributed by atoms with Crippen LogP contribution in [0.25, 0.3) is 0 Å². The van der Waals surface area contributed by atoms with Crippen LogP contribution in [-0.4, -0.2) is 12.1 Å². The SMILES string of the molecule is Cc1ccc(COc2ccc(C(=O)NN=Cc3ccccc3)cc2)cc1. The van der Waals surface area contributed by atoms with E-state index in [4.69, 9.17) is 4.74 Å². The van der Waals surface area contributed by atoms with Gasteiger partial charge in [0.15, 0.2) is 0 Å². The number of rotatable bonds is 6. The number of hydrogen-bond donors (Lipinski definition) is 1. The number of aryl methyl sites for hydroxylation is 1. The lowest BCUT2D eigenvalue weighted by molar-refractivity contribution is 0.0955. The zero-order chi connectivity index (χ0) is 18.2. The zero-order valence-electron chi connectivity index (χ0n) is 14.6. The van der Waals surface area contributed by atoms with Gasteiger partial charge in [0.25, 0.3) is 5.91 Å². The minimum absolute atomic E-state index is 0.262. The van der Waals surface area contributed by atoms with Gasteiger partial charge >= 0.3 is 0 Å². The molecule has 3 aromatic carbocycles. The van der Waals surface area contributed by atoms with E-state index in [9.17, 15) is 4.79 Å². The third kappa shape index (κ3) is 5.05. The van der Waals surface area contributed by atoms with Gasteiger partial charge in [-0.3, -0.25) is 4.79 Å². The fourth-order valence-electron chi connectivity index (χ4n) is 2.32. The molecule has 4 heteroatoms. The molecule has 0 atom stereocenters. The fourth-order valence-corrected chi connectivity index (χ4v) is 2.32. The molecule has 0 aromatic heterocycles. The first kappa shape index (κ1) is 17.4. The maximum absolute atomic E-state index is 12.1. The summed E-state index contributed by atoms with van der Waals surface area (Å²) in [6.07, 6.45) is 1.61. The Balaban J connectivity index is 1.52. The average molecular weight is 344 g/mol. The van der Waals surface area contributed by atoms with Crippen molar-refractivity contribution in [2.45, 2.75) is 13.5 Å². The summed E-state index contributed by atoms with van der Waals surface area (Å²) in [5.41, 5.74) is 6.29. The van der Waals surface area contributed by atoms with E-state index in [1.807, 2.05) is 42.5 Å². The van der Waals surface area contributed by atoms with Crippen molar-refractivity contribution >= 4 is 12.1 Å². The minimum Gasteiger partial charge on any atom is -0.489 e. The molecular weight excluding hydrogens is 324 g/mol. The summed E-state index contributed by atoms with van der Waals surface area (Å²) >= 11 is 0. The molecule has 0 saturated heterocycles. The van der Waals surface area contributed by atoms with E-state index in [2.05, 4.69) is 29.6 Å². The van der Waals surface area contributed by atoms with Crippen molar-refractivity contribution in [3.63, 3.8) is 0 Å². The second-order valence-electron chi connectivity index (χ2n) is 5.91. The number of nitrogens with zero attached hydrogens (tertiary/aromatic N) is 1. The smallest absolute Gasteiger partial charge is 0.271 e. The van der Waals surface area contributed by atoms with Crippen molar-refractivity contribution < 1.29 is 9.53 Å². The first-order valence-electron chi connectivity index (χ1n) is 8.37. The van der Waals surface area contributed by atoms with Gasteiger partial charge in [0, 0.05) is 5.56 Å². The largest absolute Gasteiger partial charge is 0.489 e. The van der Waals surface area contributed by atoms with Crippen molar-refractivity contribution in [1.29, 1.82) is 0 Å². The Labute approximate surface area is 153 Å². The highest BCUT2D eigenvalue weighted by Crippen LogP contribution is 2.14. The van der Waals surface area contributed by atoms with Crippen LogP contribution < -0.4 is 10.2 Å². The Hall–Kier alpha value is -3.40. The van der Waals surface area contributed by atoms with Crippen LogP contribution in [0.2, 0.25) is 0 Å². The summed E-state index contributed by atoms with van der Waals surface area (Å²) in [5.74, 6) is 0.456. The quantitative estimate of drug-likeness (QED) is 0.534. The molecule has 1 amide bonds. The van der Waals surface area contributed by atoms with Crippen LogP contribution in [0, 0.1) is 6.92 Å². The molecule has 26 heavy (non-hydrogen) atoms. The summed E-state index contributed by atoms with van der Waals surface area (Å²) in [6.45, 7) is 2.55. The van der Waals surface area contributed by atoms with Crippen molar-refractivity contribution in [2.24, 2.45) is 5.10 Å². The first-order chi connectivity index (χ1) is 12.7. The number of nitrogens with one attached hydrogen (secondary N) is 1. The number of hydrogen-bond acceptors (Lipinski definition) is 3. The Bertz CT molecular complexity index is 870. The second-order valence-corrected chi connectivity index (χ2v) is 5.91. The third-order valence-electron chi connectivity index (χ3n) is 3.82. The highest BCUT2D eigenvalue weighted by Gasteiger charge is 2.04. The molecular formula is C22H20N2O2. The van der Waals surface area contributed by atoms with Crippen LogP contribution in [0.1, 0.15) is 27.0 Å². The third-order valence-corrected chi connectivity index (χ3v) is 3.82. The summed E-state index contributed by atoms with van der Waals surface area (Å²) < 4.78 is 5.74. The van der Waals surface area contributed by atoms with Crippen LogP contribution in [0.5, 0.6) is 5.75 Å². The number of carbonyl (C=O) groups excluding carboxylic acids is 1. The number of hydrazone groups is 1. The van der Waals surface area contributed by atoms with E-state index in [0.29, 0.717) is 12.2 Å².